The molecule has 0 saturated heterocycles. The van der Waals surface area contributed by atoms with E-state index in [-0.39, 0.29) is 17.0 Å². The van der Waals surface area contributed by atoms with Gasteiger partial charge in [0.25, 0.3) is 0 Å². The van der Waals surface area contributed by atoms with Crippen LogP contribution in [0.1, 0.15) is 23.2 Å². The molecule has 0 bridgehead atoms. The molecule has 0 amide bonds. The number of benzene rings is 2. The monoisotopic (exact) mass is 370 g/mol. The number of aromatic nitrogens is 1. The maximum Gasteiger partial charge on any atom is 0.187 e. The molecule has 0 aliphatic heterocycles. The van der Waals surface area contributed by atoms with Crippen molar-refractivity contribution in [3.05, 3.63) is 71.4 Å². The van der Waals surface area contributed by atoms with Crippen molar-refractivity contribution in [2.45, 2.75) is 19.3 Å². The van der Waals surface area contributed by atoms with Gasteiger partial charge in [-0.2, -0.15) is 0 Å². The zero-order valence-corrected chi connectivity index (χ0v) is 14.7. The van der Waals surface area contributed by atoms with Crippen molar-refractivity contribution in [2.24, 2.45) is 0 Å². The minimum atomic E-state index is -0.670. The molecule has 132 valence electrons. The van der Waals surface area contributed by atoms with Crippen LogP contribution in [-0.4, -0.2) is 10.1 Å². The Morgan fingerprint density at radius 3 is 2.62 bits per heavy atom. The SMILES string of the molecule is C=C(Nc1nc2c(s1)-c1cccc(O)c1CCC2)c1c(F)cccc1F. The molecule has 3 aromatic rings. The number of nitrogens with zero attached hydrogens (tertiary/aromatic N) is 1. The topological polar surface area (TPSA) is 45.2 Å². The van der Waals surface area contributed by atoms with E-state index in [1.807, 2.05) is 12.1 Å². The summed E-state index contributed by atoms with van der Waals surface area (Å²) in [6, 6.07) is 9.17. The molecule has 1 heterocycles. The molecule has 0 spiro atoms. The van der Waals surface area contributed by atoms with Crippen molar-refractivity contribution in [3.63, 3.8) is 0 Å². The molecule has 4 rings (SSSR count). The molecule has 0 unspecified atom stereocenters. The van der Waals surface area contributed by atoms with Gasteiger partial charge in [0.05, 0.1) is 16.1 Å². The number of fused-ring (bicyclic) bond motifs is 3. The Balaban J connectivity index is 1.70. The van der Waals surface area contributed by atoms with E-state index < -0.39 is 11.6 Å². The number of rotatable bonds is 3. The molecule has 0 saturated carbocycles. The van der Waals surface area contributed by atoms with Crippen LogP contribution in [0.2, 0.25) is 0 Å². The van der Waals surface area contributed by atoms with Gasteiger partial charge in [-0.15, -0.1) is 0 Å². The van der Waals surface area contributed by atoms with Crippen LogP contribution >= 0.6 is 11.3 Å². The van der Waals surface area contributed by atoms with Gasteiger partial charge >= 0.3 is 0 Å². The summed E-state index contributed by atoms with van der Waals surface area (Å²) in [5.74, 6) is -1.05. The molecule has 2 aromatic carbocycles. The number of aromatic hydroxyl groups is 1. The average Bonchev–Trinajstić information content (AvgIpc) is 2.90. The lowest BCUT2D eigenvalue weighted by Gasteiger charge is -2.09. The van der Waals surface area contributed by atoms with Crippen LogP contribution in [0.5, 0.6) is 5.75 Å². The number of halogens is 2. The third-order valence-corrected chi connectivity index (χ3v) is 5.50. The molecule has 0 atom stereocenters. The number of hydrogen-bond acceptors (Lipinski definition) is 4. The van der Waals surface area contributed by atoms with E-state index in [4.69, 9.17) is 0 Å². The summed E-state index contributed by atoms with van der Waals surface area (Å²) in [4.78, 5) is 5.55. The van der Waals surface area contributed by atoms with Crippen molar-refractivity contribution in [1.82, 2.24) is 4.98 Å². The third kappa shape index (κ3) is 2.86. The Labute approximate surface area is 153 Å². The second kappa shape index (κ2) is 6.53. The highest BCUT2D eigenvalue weighted by molar-refractivity contribution is 7.19. The van der Waals surface area contributed by atoms with Gasteiger partial charge in [0, 0.05) is 16.8 Å². The summed E-state index contributed by atoms with van der Waals surface area (Å²) >= 11 is 1.40. The van der Waals surface area contributed by atoms with Gasteiger partial charge in [-0.25, -0.2) is 13.8 Å². The van der Waals surface area contributed by atoms with Gasteiger partial charge in [-0.1, -0.05) is 36.1 Å². The fraction of sp³-hybridized carbons (Fsp3) is 0.150. The van der Waals surface area contributed by atoms with Crippen molar-refractivity contribution in [2.75, 3.05) is 5.32 Å². The molecule has 2 N–H and O–H groups in total. The fourth-order valence-corrected chi connectivity index (χ4v) is 4.34. The molecule has 1 aliphatic rings. The Bertz CT molecular complexity index is 993. The largest absolute Gasteiger partial charge is 0.508 e. The predicted octanol–water partition coefficient (Wildman–Crippen LogP) is 5.37. The van der Waals surface area contributed by atoms with Crippen LogP contribution in [0.3, 0.4) is 0 Å². The summed E-state index contributed by atoms with van der Waals surface area (Å²) in [5, 5.41) is 13.6. The second-order valence-electron chi connectivity index (χ2n) is 6.15. The minimum absolute atomic E-state index is 0.126. The number of thiazole rings is 1. The zero-order valence-electron chi connectivity index (χ0n) is 13.9. The van der Waals surface area contributed by atoms with E-state index in [2.05, 4.69) is 16.9 Å². The maximum absolute atomic E-state index is 13.9. The van der Waals surface area contributed by atoms with Gasteiger partial charge < -0.3 is 10.4 Å². The molecule has 6 heteroatoms. The lowest BCUT2D eigenvalue weighted by molar-refractivity contribution is 0.468. The van der Waals surface area contributed by atoms with Gasteiger partial charge in [-0.05, 0) is 37.5 Å². The van der Waals surface area contributed by atoms with Crippen LogP contribution in [0.15, 0.2) is 43.0 Å². The quantitative estimate of drug-likeness (QED) is 0.652. The first-order chi connectivity index (χ1) is 12.5. The highest BCUT2D eigenvalue weighted by atomic mass is 32.1. The maximum atomic E-state index is 13.9. The summed E-state index contributed by atoms with van der Waals surface area (Å²) in [6.07, 6.45) is 2.45. The highest BCUT2D eigenvalue weighted by Gasteiger charge is 2.22. The average molecular weight is 370 g/mol. The number of anilines is 1. The van der Waals surface area contributed by atoms with Crippen molar-refractivity contribution < 1.29 is 13.9 Å². The lowest BCUT2D eigenvalue weighted by Crippen LogP contribution is -2.02. The highest BCUT2D eigenvalue weighted by Crippen LogP contribution is 2.41. The van der Waals surface area contributed by atoms with Crippen molar-refractivity contribution in [3.8, 4) is 16.2 Å². The number of nitrogens with one attached hydrogen (secondary N) is 1. The van der Waals surface area contributed by atoms with E-state index >= 15 is 0 Å². The lowest BCUT2D eigenvalue weighted by atomic mass is 10.0. The zero-order chi connectivity index (χ0) is 18.3. The van der Waals surface area contributed by atoms with Crippen LogP contribution in [0.25, 0.3) is 16.1 Å². The van der Waals surface area contributed by atoms with Crippen LogP contribution in [-0.2, 0) is 12.8 Å². The molecule has 1 aliphatic carbocycles. The minimum Gasteiger partial charge on any atom is -0.508 e. The third-order valence-electron chi connectivity index (χ3n) is 4.46. The summed E-state index contributed by atoms with van der Waals surface area (Å²) in [6.45, 7) is 3.76. The Morgan fingerprint density at radius 1 is 1.12 bits per heavy atom. The van der Waals surface area contributed by atoms with Gasteiger partial charge in [0.2, 0.25) is 0 Å². The summed E-state index contributed by atoms with van der Waals surface area (Å²) in [7, 11) is 0. The van der Waals surface area contributed by atoms with Crippen molar-refractivity contribution in [1.29, 1.82) is 0 Å². The fourth-order valence-electron chi connectivity index (χ4n) is 3.25. The summed E-state index contributed by atoms with van der Waals surface area (Å²) in [5.41, 5.74) is 2.74. The Hall–Kier alpha value is -2.73. The number of aryl methyl sites for hydroxylation is 1. The smallest absolute Gasteiger partial charge is 0.187 e. The van der Waals surface area contributed by atoms with Gasteiger partial charge in [0.15, 0.2) is 5.13 Å². The molecular formula is C20H16F2N2OS. The molecular weight excluding hydrogens is 354 g/mol. The van der Waals surface area contributed by atoms with Crippen LogP contribution in [0.4, 0.5) is 13.9 Å². The van der Waals surface area contributed by atoms with Crippen molar-refractivity contribution >= 4 is 22.2 Å². The van der Waals surface area contributed by atoms with E-state index in [0.717, 1.165) is 41.0 Å². The van der Waals surface area contributed by atoms with E-state index in [0.29, 0.717) is 5.13 Å². The number of hydrogen-bond donors (Lipinski definition) is 2. The van der Waals surface area contributed by atoms with Crippen LogP contribution < -0.4 is 5.32 Å². The van der Waals surface area contributed by atoms with E-state index in [1.54, 1.807) is 6.07 Å². The first kappa shape index (κ1) is 16.7. The van der Waals surface area contributed by atoms with E-state index in [9.17, 15) is 13.9 Å². The van der Waals surface area contributed by atoms with Gasteiger partial charge in [0.1, 0.15) is 17.4 Å². The number of phenolic OH excluding ortho intramolecular Hbond substituents is 1. The standard InChI is InChI=1S/C20H16F2N2OS/c1-11(18-14(21)7-4-8-15(18)22)23-20-24-16-9-2-5-12-13(19(16)26-20)6-3-10-17(12)25/h3-4,6-8,10,25H,1-2,5,9H2,(H,23,24). The number of phenols is 1. The Morgan fingerprint density at radius 2 is 1.85 bits per heavy atom. The van der Waals surface area contributed by atoms with Gasteiger partial charge in [-0.3, -0.25) is 0 Å². The Kier molecular flexibility index (Phi) is 4.20. The molecule has 1 aromatic heterocycles. The molecule has 0 radical (unpaired) electrons. The second-order valence-corrected chi connectivity index (χ2v) is 7.15. The van der Waals surface area contributed by atoms with Crippen LogP contribution in [0, 0.1) is 11.6 Å². The molecule has 26 heavy (non-hydrogen) atoms. The predicted molar refractivity (Wildman–Crippen MR) is 100 cm³/mol. The summed E-state index contributed by atoms with van der Waals surface area (Å²) < 4.78 is 27.9. The first-order valence-electron chi connectivity index (χ1n) is 8.26. The molecule has 3 nitrogen and oxygen atoms in total. The normalized spacial score (nSPS) is 12.8. The molecule has 0 fully saturated rings. The van der Waals surface area contributed by atoms with E-state index in [1.165, 1.54) is 29.5 Å². The first-order valence-corrected chi connectivity index (χ1v) is 9.07.